The highest BCUT2D eigenvalue weighted by Crippen LogP contribution is 2.20. The van der Waals surface area contributed by atoms with Crippen LogP contribution in [0.3, 0.4) is 0 Å². The minimum atomic E-state index is -0.555. The van der Waals surface area contributed by atoms with Crippen molar-refractivity contribution in [2.45, 2.75) is 25.8 Å². The number of amides is 2. The molecule has 0 aliphatic carbocycles. The van der Waals surface area contributed by atoms with Crippen LogP contribution >= 0.6 is 11.6 Å². The molecule has 0 spiro atoms. The van der Waals surface area contributed by atoms with Gasteiger partial charge in [0.15, 0.2) is 0 Å². The third-order valence-corrected chi connectivity index (χ3v) is 4.20. The molecule has 1 aromatic heterocycles. The highest BCUT2D eigenvalue weighted by Gasteiger charge is 2.18. The SMILES string of the molecule is C[C@@H](c1cccnc1)N(C)C(=O)CCC(=O)Nc1ccc(F)c(Cl)c1. The van der Waals surface area contributed by atoms with E-state index in [1.165, 1.54) is 18.2 Å². The quantitative estimate of drug-likeness (QED) is 0.848. The van der Waals surface area contributed by atoms with Gasteiger partial charge in [0.25, 0.3) is 0 Å². The first kappa shape index (κ1) is 18.9. The second-order valence-electron chi connectivity index (χ2n) is 5.64. The smallest absolute Gasteiger partial charge is 0.224 e. The second kappa shape index (κ2) is 8.58. The van der Waals surface area contributed by atoms with Gasteiger partial charge in [0, 0.05) is 38.0 Å². The average molecular weight is 364 g/mol. The van der Waals surface area contributed by atoms with Crippen LogP contribution in [0.1, 0.15) is 31.4 Å². The van der Waals surface area contributed by atoms with Crippen LogP contribution in [0.4, 0.5) is 10.1 Å². The van der Waals surface area contributed by atoms with Crippen LogP contribution in [-0.4, -0.2) is 28.7 Å². The summed E-state index contributed by atoms with van der Waals surface area (Å²) < 4.78 is 13.1. The molecular weight excluding hydrogens is 345 g/mol. The van der Waals surface area contributed by atoms with Gasteiger partial charge in [0.05, 0.1) is 11.1 Å². The summed E-state index contributed by atoms with van der Waals surface area (Å²) >= 11 is 5.67. The molecule has 132 valence electrons. The maximum atomic E-state index is 13.1. The fraction of sp³-hybridized carbons (Fsp3) is 0.278. The van der Waals surface area contributed by atoms with Crippen LogP contribution < -0.4 is 5.32 Å². The third kappa shape index (κ3) is 5.26. The molecule has 25 heavy (non-hydrogen) atoms. The van der Waals surface area contributed by atoms with Crippen molar-refractivity contribution in [2.75, 3.05) is 12.4 Å². The Balaban J connectivity index is 1.86. The fourth-order valence-corrected chi connectivity index (χ4v) is 2.44. The Labute approximate surface area is 150 Å². The normalized spacial score (nSPS) is 11.7. The van der Waals surface area contributed by atoms with Crippen LogP contribution in [0.2, 0.25) is 5.02 Å². The molecule has 0 radical (unpaired) electrons. The van der Waals surface area contributed by atoms with Gasteiger partial charge in [-0.15, -0.1) is 0 Å². The van der Waals surface area contributed by atoms with Gasteiger partial charge in [-0.3, -0.25) is 14.6 Å². The number of rotatable bonds is 6. The van der Waals surface area contributed by atoms with Gasteiger partial charge >= 0.3 is 0 Å². The van der Waals surface area contributed by atoms with E-state index in [4.69, 9.17) is 11.6 Å². The minimum Gasteiger partial charge on any atom is -0.339 e. The summed E-state index contributed by atoms with van der Waals surface area (Å²) in [6.45, 7) is 1.90. The van der Waals surface area contributed by atoms with Crippen molar-refractivity contribution in [3.63, 3.8) is 0 Å². The zero-order chi connectivity index (χ0) is 18.4. The summed E-state index contributed by atoms with van der Waals surface area (Å²) in [5.41, 5.74) is 1.31. The number of aromatic nitrogens is 1. The molecular formula is C18H19ClFN3O2. The lowest BCUT2D eigenvalue weighted by molar-refractivity contribution is -0.133. The molecule has 0 saturated heterocycles. The van der Waals surface area contributed by atoms with E-state index >= 15 is 0 Å². The van der Waals surface area contributed by atoms with Crippen molar-refractivity contribution in [1.82, 2.24) is 9.88 Å². The van der Waals surface area contributed by atoms with Gasteiger partial charge in [-0.05, 0) is 36.8 Å². The summed E-state index contributed by atoms with van der Waals surface area (Å²) in [5.74, 6) is -1.04. The highest BCUT2D eigenvalue weighted by atomic mass is 35.5. The minimum absolute atomic E-state index is 0.0257. The van der Waals surface area contributed by atoms with Crippen molar-refractivity contribution in [3.8, 4) is 0 Å². The van der Waals surface area contributed by atoms with Crippen LogP contribution in [0.5, 0.6) is 0 Å². The first-order valence-electron chi connectivity index (χ1n) is 7.79. The number of anilines is 1. The first-order valence-corrected chi connectivity index (χ1v) is 8.16. The summed E-state index contributed by atoms with van der Waals surface area (Å²) in [4.78, 5) is 29.8. The molecule has 2 rings (SSSR count). The number of hydrogen-bond acceptors (Lipinski definition) is 3. The van der Waals surface area contributed by atoms with Crippen LogP contribution in [-0.2, 0) is 9.59 Å². The van der Waals surface area contributed by atoms with E-state index in [0.29, 0.717) is 5.69 Å². The molecule has 2 aromatic rings. The largest absolute Gasteiger partial charge is 0.339 e. The lowest BCUT2D eigenvalue weighted by atomic mass is 10.1. The molecule has 0 fully saturated rings. The van der Waals surface area contributed by atoms with Crippen LogP contribution in [0, 0.1) is 5.82 Å². The van der Waals surface area contributed by atoms with E-state index < -0.39 is 5.82 Å². The van der Waals surface area contributed by atoms with Crippen molar-refractivity contribution < 1.29 is 14.0 Å². The van der Waals surface area contributed by atoms with E-state index in [1.807, 2.05) is 19.1 Å². The molecule has 0 aliphatic rings. The number of nitrogens with zero attached hydrogens (tertiary/aromatic N) is 2. The topological polar surface area (TPSA) is 62.3 Å². The van der Waals surface area contributed by atoms with Gasteiger partial charge in [-0.2, -0.15) is 0 Å². The number of carbonyl (C=O) groups is 2. The van der Waals surface area contributed by atoms with Gasteiger partial charge in [0.1, 0.15) is 5.82 Å². The fourth-order valence-electron chi connectivity index (χ4n) is 2.26. The Kier molecular flexibility index (Phi) is 6.47. The predicted octanol–water partition coefficient (Wildman–Crippen LogP) is 3.81. The zero-order valence-corrected chi connectivity index (χ0v) is 14.8. The number of halogens is 2. The summed E-state index contributed by atoms with van der Waals surface area (Å²) in [6, 6.07) is 7.48. The van der Waals surface area contributed by atoms with E-state index in [2.05, 4.69) is 10.3 Å². The Morgan fingerprint density at radius 2 is 2.08 bits per heavy atom. The number of nitrogens with one attached hydrogen (secondary N) is 1. The molecule has 2 amide bonds. The molecule has 5 nitrogen and oxygen atoms in total. The maximum absolute atomic E-state index is 13.1. The molecule has 0 unspecified atom stereocenters. The Hall–Kier alpha value is -2.47. The van der Waals surface area contributed by atoms with Gasteiger partial charge < -0.3 is 10.2 Å². The number of carbonyl (C=O) groups excluding carboxylic acids is 2. The lowest BCUT2D eigenvalue weighted by Crippen LogP contribution is -2.30. The lowest BCUT2D eigenvalue weighted by Gasteiger charge is -2.25. The molecule has 0 aliphatic heterocycles. The predicted molar refractivity (Wildman–Crippen MR) is 94.7 cm³/mol. The number of pyridine rings is 1. The van der Waals surface area contributed by atoms with Gasteiger partial charge in [-0.1, -0.05) is 17.7 Å². The van der Waals surface area contributed by atoms with Crippen LogP contribution in [0.25, 0.3) is 0 Å². The summed E-state index contributed by atoms with van der Waals surface area (Å²) in [5, 5.41) is 2.52. The van der Waals surface area contributed by atoms with Crippen molar-refractivity contribution in [2.24, 2.45) is 0 Å². The third-order valence-electron chi connectivity index (χ3n) is 3.91. The van der Waals surface area contributed by atoms with E-state index in [9.17, 15) is 14.0 Å². The molecule has 1 aromatic carbocycles. The van der Waals surface area contributed by atoms with E-state index in [-0.39, 0.29) is 35.7 Å². The summed E-state index contributed by atoms with van der Waals surface area (Å²) in [6.07, 6.45) is 3.48. The molecule has 1 heterocycles. The molecule has 7 heteroatoms. The molecule has 1 atom stereocenters. The summed E-state index contributed by atoms with van der Waals surface area (Å²) in [7, 11) is 1.69. The Morgan fingerprint density at radius 3 is 2.72 bits per heavy atom. The first-order chi connectivity index (χ1) is 11.9. The standard InChI is InChI=1S/C18H19ClFN3O2/c1-12(13-4-3-9-21-11-13)23(2)18(25)8-7-17(24)22-14-5-6-16(20)15(19)10-14/h3-6,9-12H,7-8H2,1-2H3,(H,22,24)/t12-/m0/s1. The monoisotopic (exact) mass is 363 g/mol. The van der Waals surface area contributed by atoms with Crippen molar-refractivity contribution in [1.29, 1.82) is 0 Å². The highest BCUT2D eigenvalue weighted by molar-refractivity contribution is 6.31. The van der Waals surface area contributed by atoms with E-state index in [0.717, 1.165) is 5.56 Å². The Morgan fingerprint density at radius 1 is 1.32 bits per heavy atom. The number of hydrogen-bond donors (Lipinski definition) is 1. The Bertz CT molecular complexity index is 755. The van der Waals surface area contributed by atoms with Crippen molar-refractivity contribution >= 4 is 29.1 Å². The molecule has 0 saturated carbocycles. The van der Waals surface area contributed by atoms with E-state index in [1.54, 1.807) is 24.3 Å². The average Bonchev–Trinajstić information content (AvgIpc) is 2.62. The van der Waals surface area contributed by atoms with Gasteiger partial charge in [0.2, 0.25) is 11.8 Å². The zero-order valence-electron chi connectivity index (χ0n) is 14.0. The van der Waals surface area contributed by atoms with Crippen molar-refractivity contribution in [3.05, 3.63) is 59.1 Å². The molecule has 0 bridgehead atoms. The number of benzene rings is 1. The van der Waals surface area contributed by atoms with Crippen LogP contribution in [0.15, 0.2) is 42.7 Å². The van der Waals surface area contributed by atoms with Gasteiger partial charge in [-0.25, -0.2) is 4.39 Å². The second-order valence-corrected chi connectivity index (χ2v) is 6.05. The maximum Gasteiger partial charge on any atom is 0.224 e. The molecule has 1 N–H and O–H groups in total.